The van der Waals surface area contributed by atoms with E-state index in [1.54, 1.807) is 12.3 Å². The van der Waals surface area contributed by atoms with Crippen LogP contribution in [0.5, 0.6) is 0 Å². The zero-order chi connectivity index (χ0) is 21.0. The van der Waals surface area contributed by atoms with Crippen LogP contribution < -0.4 is 16.4 Å². The van der Waals surface area contributed by atoms with Crippen LogP contribution in [0.1, 0.15) is 32.4 Å². The molecule has 7 nitrogen and oxygen atoms in total. The number of alkyl halides is 3. The van der Waals surface area contributed by atoms with Gasteiger partial charge in [-0.3, -0.25) is 4.99 Å². The monoisotopic (exact) mass is 405 g/mol. The SMILES string of the molecule is CC(C)Nc1cc(NC(C=NC2CC2)=CN)nc(-c2cccc(C(F)(F)F)n2)n1. The Labute approximate surface area is 166 Å². The molecular weight excluding hydrogens is 383 g/mol. The number of hydrogen-bond donors (Lipinski definition) is 3. The van der Waals surface area contributed by atoms with Gasteiger partial charge in [-0.05, 0) is 38.8 Å². The Morgan fingerprint density at radius 3 is 2.55 bits per heavy atom. The molecule has 1 aliphatic rings. The average molecular weight is 405 g/mol. The highest BCUT2D eigenvalue weighted by molar-refractivity contribution is 5.83. The molecule has 0 radical (unpaired) electrons. The van der Waals surface area contributed by atoms with E-state index in [1.165, 1.54) is 18.3 Å². The number of nitrogens with two attached hydrogens (primary N) is 1. The lowest BCUT2D eigenvalue weighted by Gasteiger charge is -2.14. The Morgan fingerprint density at radius 1 is 1.21 bits per heavy atom. The maximum absolute atomic E-state index is 13.0. The van der Waals surface area contributed by atoms with E-state index in [2.05, 4.69) is 30.6 Å². The molecule has 2 aromatic rings. The first-order valence-corrected chi connectivity index (χ1v) is 9.17. The normalized spacial score (nSPS) is 15.2. The minimum atomic E-state index is -4.56. The molecule has 0 unspecified atom stereocenters. The summed E-state index contributed by atoms with van der Waals surface area (Å²) in [5.41, 5.74) is 5.18. The standard InChI is InChI=1S/C19H22F3N7/c1-11(2)25-16-8-17(26-13(9-23)10-24-12-6-7-12)29-18(28-16)14-4-3-5-15(27-14)19(20,21)22/h3-5,8-12H,6-7,23H2,1-2H3,(H2,25,26,28,29). The molecular formula is C19H22F3N7. The van der Waals surface area contributed by atoms with Crippen LogP contribution in [-0.2, 0) is 6.18 Å². The van der Waals surface area contributed by atoms with Gasteiger partial charge in [-0.25, -0.2) is 15.0 Å². The predicted octanol–water partition coefficient (Wildman–Crippen LogP) is 3.82. The fraction of sp³-hybridized carbons (Fsp3) is 0.368. The maximum Gasteiger partial charge on any atom is 0.433 e. The van der Waals surface area contributed by atoms with Gasteiger partial charge in [0.1, 0.15) is 23.0 Å². The molecule has 0 spiro atoms. The Kier molecular flexibility index (Phi) is 6.00. The topological polar surface area (TPSA) is 101 Å². The second-order valence-corrected chi connectivity index (χ2v) is 6.92. The van der Waals surface area contributed by atoms with Crippen LogP contribution in [0.2, 0.25) is 0 Å². The summed E-state index contributed by atoms with van der Waals surface area (Å²) >= 11 is 0. The van der Waals surface area contributed by atoms with E-state index >= 15 is 0 Å². The lowest BCUT2D eigenvalue weighted by atomic mass is 10.2. The molecule has 4 N–H and O–H groups in total. The maximum atomic E-state index is 13.0. The number of rotatable bonds is 7. The number of allylic oxidation sites excluding steroid dienone is 1. The summed E-state index contributed by atoms with van der Waals surface area (Å²) in [6, 6.07) is 5.63. The van der Waals surface area contributed by atoms with Crippen molar-refractivity contribution in [1.82, 2.24) is 15.0 Å². The molecule has 1 saturated carbocycles. The summed E-state index contributed by atoms with van der Waals surface area (Å²) in [6.45, 7) is 3.84. The van der Waals surface area contributed by atoms with Gasteiger partial charge in [0.05, 0.1) is 11.7 Å². The van der Waals surface area contributed by atoms with Crippen molar-refractivity contribution in [3.8, 4) is 11.5 Å². The zero-order valence-corrected chi connectivity index (χ0v) is 16.0. The van der Waals surface area contributed by atoms with Gasteiger partial charge in [-0.15, -0.1) is 0 Å². The van der Waals surface area contributed by atoms with Gasteiger partial charge in [-0.1, -0.05) is 6.07 Å². The molecule has 154 valence electrons. The molecule has 0 bridgehead atoms. The van der Waals surface area contributed by atoms with Crippen LogP contribution in [0.15, 0.2) is 41.2 Å². The van der Waals surface area contributed by atoms with Crippen molar-refractivity contribution in [2.75, 3.05) is 10.6 Å². The summed E-state index contributed by atoms with van der Waals surface area (Å²) in [7, 11) is 0. The molecule has 2 aromatic heterocycles. The van der Waals surface area contributed by atoms with Gasteiger partial charge in [0.2, 0.25) is 0 Å². The Bertz CT molecular complexity index is 918. The second-order valence-electron chi connectivity index (χ2n) is 6.92. The van der Waals surface area contributed by atoms with E-state index in [4.69, 9.17) is 5.73 Å². The van der Waals surface area contributed by atoms with E-state index in [0.717, 1.165) is 18.9 Å². The number of anilines is 2. The highest BCUT2D eigenvalue weighted by Gasteiger charge is 2.32. The van der Waals surface area contributed by atoms with E-state index in [0.29, 0.717) is 23.4 Å². The van der Waals surface area contributed by atoms with Crippen molar-refractivity contribution < 1.29 is 13.2 Å². The van der Waals surface area contributed by atoms with Gasteiger partial charge in [0.15, 0.2) is 5.82 Å². The van der Waals surface area contributed by atoms with Gasteiger partial charge in [-0.2, -0.15) is 13.2 Å². The highest BCUT2D eigenvalue weighted by Crippen LogP contribution is 2.29. The molecule has 0 saturated heterocycles. The molecule has 0 aromatic carbocycles. The van der Waals surface area contributed by atoms with Crippen LogP contribution in [0.25, 0.3) is 11.5 Å². The fourth-order valence-corrected chi connectivity index (χ4v) is 2.39. The molecule has 1 aliphatic carbocycles. The number of pyridine rings is 1. The second kappa shape index (κ2) is 8.46. The zero-order valence-electron chi connectivity index (χ0n) is 16.0. The van der Waals surface area contributed by atoms with Crippen molar-refractivity contribution in [2.45, 2.75) is 44.9 Å². The molecule has 1 fully saturated rings. The number of nitrogens with zero attached hydrogens (tertiary/aromatic N) is 4. The van der Waals surface area contributed by atoms with Crippen molar-refractivity contribution in [1.29, 1.82) is 0 Å². The Morgan fingerprint density at radius 2 is 1.93 bits per heavy atom. The number of halogens is 3. The van der Waals surface area contributed by atoms with Crippen LogP contribution in [0.3, 0.4) is 0 Å². The first-order chi connectivity index (χ1) is 13.7. The number of hydrogen-bond acceptors (Lipinski definition) is 7. The first-order valence-electron chi connectivity index (χ1n) is 9.17. The van der Waals surface area contributed by atoms with Gasteiger partial charge in [0, 0.05) is 24.5 Å². The molecule has 2 heterocycles. The van der Waals surface area contributed by atoms with E-state index in [9.17, 15) is 13.2 Å². The summed E-state index contributed by atoms with van der Waals surface area (Å²) in [5.74, 6) is 0.860. The quantitative estimate of drug-likeness (QED) is 0.606. The van der Waals surface area contributed by atoms with E-state index < -0.39 is 11.9 Å². The van der Waals surface area contributed by atoms with Crippen molar-refractivity contribution in [3.63, 3.8) is 0 Å². The van der Waals surface area contributed by atoms with E-state index in [-0.39, 0.29) is 17.6 Å². The third-order valence-corrected chi connectivity index (χ3v) is 3.85. The van der Waals surface area contributed by atoms with Gasteiger partial charge in [0.25, 0.3) is 0 Å². The van der Waals surface area contributed by atoms with Gasteiger partial charge >= 0.3 is 6.18 Å². The smallest absolute Gasteiger partial charge is 0.403 e. The van der Waals surface area contributed by atoms with Crippen LogP contribution in [0, 0.1) is 0 Å². The third kappa shape index (κ3) is 5.90. The molecule has 29 heavy (non-hydrogen) atoms. The molecule has 3 rings (SSSR count). The molecule has 0 atom stereocenters. The number of aromatic nitrogens is 3. The van der Waals surface area contributed by atoms with Gasteiger partial charge < -0.3 is 16.4 Å². The molecule has 0 amide bonds. The Balaban J connectivity index is 1.95. The summed E-state index contributed by atoms with van der Waals surface area (Å²) in [4.78, 5) is 16.7. The minimum absolute atomic E-state index is 0.0141. The van der Waals surface area contributed by atoms with Crippen molar-refractivity contribution in [3.05, 3.63) is 41.9 Å². The summed E-state index contributed by atoms with van der Waals surface area (Å²) in [6.07, 6.45) is 0.522. The molecule has 0 aliphatic heterocycles. The molecule has 10 heteroatoms. The average Bonchev–Trinajstić information content (AvgIpc) is 3.48. The first kappa shape index (κ1) is 20.6. The van der Waals surface area contributed by atoms with Crippen LogP contribution in [-0.4, -0.2) is 33.3 Å². The van der Waals surface area contributed by atoms with E-state index in [1.807, 2.05) is 13.8 Å². The predicted molar refractivity (Wildman–Crippen MR) is 106 cm³/mol. The number of aliphatic imine (C=N–C) groups is 1. The van der Waals surface area contributed by atoms with Crippen LogP contribution in [0.4, 0.5) is 24.8 Å². The lowest BCUT2D eigenvalue weighted by molar-refractivity contribution is -0.141. The van der Waals surface area contributed by atoms with Crippen molar-refractivity contribution >= 4 is 17.9 Å². The Hall–Kier alpha value is -3.17. The highest BCUT2D eigenvalue weighted by atomic mass is 19.4. The third-order valence-electron chi connectivity index (χ3n) is 3.85. The van der Waals surface area contributed by atoms with Crippen molar-refractivity contribution in [2.24, 2.45) is 10.7 Å². The van der Waals surface area contributed by atoms with Crippen LogP contribution >= 0.6 is 0 Å². The number of nitrogens with one attached hydrogen (secondary N) is 2. The summed E-state index contributed by atoms with van der Waals surface area (Å²) < 4.78 is 39.1. The largest absolute Gasteiger partial charge is 0.433 e. The lowest BCUT2D eigenvalue weighted by Crippen LogP contribution is -2.14. The summed E-state index contributed by atoms with van der Waals surface area (Å²) in [5, 5.41) is 6.15. The fourth-order valence-electron chi connectivity index (χ4n) is 2.39. The minimum Gasteiger partial charge on any atom is -0.403 e.